The minimum absolute atomic E-state index is 0.0371. The van der Waals surface area contributed by atoms with Crippen LogP contribution < -0.4 is 10.5 Å². The van der Waals surface area contributed by atoms with E-state index >= 15 is 0 Å². The van der Waals surface area contributed by atoms with Crippen LogP contribution in [0.1, 0.15) is 15.2 Å². The Balaban J connectivity index is 2.23. The average Bonchev–Trinajstić information content (AvgIpc) is 2.75. The van der Waals surface area contributed by atoms with Crippen molar-refractivity contribution >= 4 is 34.4 Å². The molecule has 0 radical (unpaired) electrons. The smallest absolute Gasteiger partial charge is 0.170 e. The van der Waals surface area contributed by atoms with E-state index in [2.05, 4.69) is 0 Å². The van der Waals surface area contributed by atoms with Crippen LogP contribution >= 0.6 is 22.9 Å². The number of hydrogen-bond donors (Lipinski definition) is 1. The Kier molecular flexibility index (Phi) is 3.89. The van der Waals surface area contributed by atoms with E-state index in [0.717, 1.165) is 4.88 Å². The summed E-state index contributed by atoms with van der Waals surface area (Å²) in [5, 5.41) is 0. The number of halogens is 1. The molecule has 0 unspecified atom stereocenters. The van der Waals surface area contributed by atoms with Crippen LogP contribution in [0.4, 0.5) is 5.69 Å². The summed E-state index contributed by atoms with van der Waals surface area (Å²) in [6, 6.07) is 8.69. The summed E-state index contributed by atoms with van der Waals surface area (Å²) in [7, 11) is 1.55. The maximum atomic E-state index is 12.1. The molecule has 0 bridgehead atoms. The van der Waals surface area contributed by atoms with E-state index in [4.69, 9.17) is 22.1 Å². The van der Waals surface area contributed by atoms with Crippen molar-refractivity contribution in [2.45, 2.75) is 6.42 Å². The van der Waals surface area contributed by atoms with Crippen molar-refractivity contribution in [2.75, 3.05) is 12.8 Å². The molecule has 1 aromatic heterocycles. The number of anilines is 1. The number of nitrogen functional groups attached to an aromatic ring is 1. The van der Waals surface area contributed by atoms with Gasteiger partial charge in [0, 0.05) is 22.5 Å². The van der Waals surface area contributed by atoms with Crippen molar-refractivity contribution in [1.29, 1.82) is 0 Å². The number of carbonyl (C=O) groups excluding carboxylic acids is 1. The van der Waals surface area contributed by atoms with Crippen molar-refractivity contribution in [3.63, 3.8) is 0 Å². The molecule has 0 atom stereocenters. The Hall–Kier alpha value is -1.52. The van der Waals surface area contributed by atoms with E-state index < -0.39 is 0 Å². The topological polar surface area (TPSA) is 52.3 Å². The van der Waals surface area contributed by atoms with Crippen LogP contribution in [0.5, 0.6) is 5.75 Å². The first-order chi connectivity index (χ1) is 8.60. The normalized spacial score (nSPS) is 10.3. The molecule has 0 aliphatic heterocycles. The van der Waals surface area contributed by atoms with Crippen LogP contribution in [0.25, 0.3) is 0 Å². The van der Waals surface area contributed by atoms with Crippen molar-refractivity contribution in [3.05, 3.63) is 45.1 Å². The molecule has 18 heavy (non-hydrogen) atoms. The molecule has 0 saturated heterocycles. The summed E-state index contributed by atoms with van der Waals surface area (Å²) in [5.41, 5.74) is 6.75. The molecule has 94 valence electrons. The zero-order valence-electron chi connectivity index (χ0n) is 9.77. The summed E-state index contributed by atoms with van der Waals surface area (Å²) in [5.74, 6) is 0.585. The number of Topliss-reactive ketones (excluding diaryl/α,β-unsaturated/α-hetero) is 1. The summed E-state index contributed by atoms with van der Waals surface area (Å²) in [6.07, 6.45) is 0.300. The third-order valence-electron chi connectivity index (χ3n) is 2.52. The zero-order valence-corrected chi connectivity index (χ0v) is 11.3. The van der Waals surface area contributed by atoms with Gasteiger partial charge in [0.2, 0.25) is 0 Å². The van der Waals surface area contributed by atoms with Gasteiger partial charge in [-0.1, -0.05) is 11.6 Å². The van der Waals surface area contributed by atoms with E-state index in [0.29, 0.717) is 27.8 Å². The largest absolute Gasteiger partial charge is 0.497 e. The average molecular weight is 282 g/mol. The molecule has 2 N–H and O–H groups in total. The van der Waals surface area contributed by atoms with Gasteiger partial charge in [-0.3, -0.25) is 4.79 Å². The van der Waals surface area contributed by atoms with Gasteiger partial charge < -0.3 is 10.5 Å². The second-order valence-electron chi connectivity index (χ2n) is 3.76. The number of hydrogen-bond acceptors (Lipinski definition) is 4. The van der Waals surface area contributed by atoms with Gasteiger partial charge >= 0.3 is 0 Å². The molecule has 2 rings (SSSR count). The molecule has 0 aliphatic rings. The van der Waals surface area contributed by atoms with E-state index in [9.17, 15) is 4.79 Å². The number of benzene rings is 1. The fourth-order valence-corrected chi connectivity index (χ4v) is 2.69. The molecule has 0 saturated carbocycles. The first kappa shape index (κ1) is 12.9. The number of ether oxygens (including phenoxy) is 1. The molecule has 0 amide bonds. The minimum atomic E-state index is -0.0371. The van der Waals surface area contributed by atoms with Crippen LogP contribution in [0.15, 0.2) is 30.3 Å². The van der Waals surface area contributed by atoms with Gasteiger partial charge in [-0.15, -0.1) is 11.3 Å². The van der Waals surface area contributed by atoms with Gasteiger partial charge in [0.15, 0.2) is 5.78 Å². The Morgan fingerprint density at radius 1 is 1.39 bits per heavy atom. The second-order valence-corrected chi connectivity index (χ2v) is 5.56. The van der Waals surface area contributed by atoms with Gasteiger partial charge in [-0.2, -0.15) is 0 Å². The molecule has 5 heteroatoms. The van der Waals surface area contributed by atoms with Crippen LogP contribution in [0.2, 0.25) is 4.34 Å². The summed E-state index contributed by atoms with van der Waals surface area (Å²) in [6.45, 7) is 0. The standard InChI is InChI=1S/C13H12ClNO2S/c1-17-8-2-4-11(15)10(6-8)12(16)7-9-3-5-13(14)18-9/h2-6H,7,15H2,1H3. The lowest BCUT2D eigenvalue weighted by Gasteiger charge is -2.06. The summed E-state index contributed by atoms with van der Waals surface area (Å²) >= 11 is 7.23. The number of ketones is 1. The summed E-state index contributed by atoms with van der Waals surface area (Å²) in [4.78, 5) is 13.1. The van der Waals surface area contributed by atoms with Crippen molar-refractivity contribution in [2.24, 2.45) is 0 Å². The Labute approximate surface area is 114 Å². The first-order valence-electron chi connectivity index (χ1n) is 5.31. The monoisotopic (exact) mass is 281 g/mol. The van der Waals surface area contributed by atoms with E-state index in [-0.39, 0.29) is 5.78 Å². The maximum absolute atomic E-state index is 12.1. The highest BCUT2D eigenvalue weighted by Gasteiger charge is 2.13. The van der Waals surface area contributed by atoms with E-state index in [1.54, 1.807) is 31.4 Å². The number of rotatable bonds is 4. The third kappa shape index (κ3) is 2.83. The fourth-order valence-electron chi connectivity index (χ4n) is 1.60. The van der Waals surface area contributed by atoms with E-state index in [1.807, 2.05) is 6.07 Å². The van der Waals surface area contributed by atoms with Crippen LogP contribution in [-0.2, 0) is 6.42 Å². The zero-order chi connectivity index (χ0) is 13.1. The van der Waals surface area contributed by atoms with Crippen LogP contribution in [0.3, 0.4) is 0 Å². The van der Waals surface area contributed by atoms with Crippen molar-refractivity contribution < 1.29 is 9.53 Å². The number of methoxy groups -OCH3 is 1. The van der Waals surface area contributed by atoms with Crippen LogP contribution in [-0.4, -0.2) is 12.9 Å². The van der Waals surface area contributed by atoms with Crippen molar-refractivity contribution in [1.82, 2.24) is 0 Å². The molecule has 3 nitrogen and oxygen atoms in total. The molecule has 0 spiro atoms. The highest BCUT2D eigenvalue weighted by atomic mass is 35.5. The van der Waals surface area contributed by atoms with Gasteiger partial charge in [0.1, 0.15) is 5.75 Å². The lowest BCUT2D eigenvalue weighted by Crippen LogP contribution is -2.06. The number of carbonyl (C=O) groups is 1. The molecular weight excluding hydrogens is 270 g/mol. The second kappa shape index (κ2) is 5.42. The Morgan fingerprint density at radius 2 is 2.17 bits per heavy atom. The Bertz CT molecular complexity index is 580. The van der Waals surface area contributed by atoms with Gasteiger partial charge in [0.05, 0.1) is 11.4 Å². The van der Waals surface area contributed by atoms with Crippen LogP contribution in [0, 0.1) is 0 Å². The third-order valence-corrected chi connectivity index (χ3v) is 3.76. The maximum Gasteiger partial charge on any atom is 0.170 e. The first-order valence-corrected chi connectivity index (χ1v) is 6.50. The predicted octanol–water partition coefficient (Wildman–Crippen LogP) is 3.42. The minimum Gasteiger partial charge on any atom is -0.497 e. The molecule has 1 heterocycles. The van der Waals surface area contributed by atoms with E-state index in [1.165, 1.54) is 11.3 Å². The molecule has 1 aromatic carbocycles. The van der Waals surface area contributed by atoms with Gasteiger partial charge in [0.25, 0.3) is 0 Å². The fraction of sp³-hybridized carbons (Fsp3) is 0.154. The molecule has 2 aromatic rings. The molecule has 0 fully saturated rings. The van der Waals surface area contributed by atoms with Crippen molar-refractivity contribution in [3.8, 4) is 5.75 Å². The molecular formula is C13H12ClNO2S. The lowest BCUT2D eigenvalue weighted by atomic mass is 10.1. The quantitative estimate of drug-likeness (QED) is 0.690. The molecule has 0 aliphatic carbocycles. The number of thiophene rings is 1. The lowest BCUT2D eigenvalue weighted by molar-refractivity contribution is 0.0994. The highest BCUT2D eigenvalue weighted by molar-refractivity contribution is 7.16. The highest BCUT2D eigenvalue weighted by Crippen LogP contribution is 2.25. The Morgan fingerprint density at radius 3 is 2.78 bits per heavy atom. The van der Waals surface area contributed by atoms with Gasteiger partial charge in [-0.05, 0) is 30.3 Å². The summed E-state index contributed by atoms with van der Waals surface area (Å²) < 4.78 is 5.77. The van der Waals surface area contributed by atoms with Gasteiger partial charge in [-0.25, -0.2) is 0 Å². The SMILES string of the molecule is COc1ccc(N)c(C(=O)Cc2ccc(Cl)s2)c1. The number of nitrogens with two attached hydrogens (primary N) is 1. The predicted molar refractivity (Wildman–Crippen MR) is 74.8 cm³/mol.